The smallest absolute Gasteiger partial charge is 0.273 e. The highest BCUT2D eigenvalue weighted by atomic mass is 35.5. The molecule has 0 atom stereocenters. The fourth-order valence-corrected chi connectivity index (χ4v) is 3.20. The lowest BCUT2D eigenvalue weighted by Gasteiger charge is -2.31. The molecule has 1 aromatic carbocycles. The molecule has 0 bridgehead atoms. The zero-order valence-electron chi connectivity index (χ0n) is 13.0. The molecule has 1 fully saturated rings. The summed E-state index contributed by atoms with van der Waals surface area (Å²) in [5.74, 6) is 0.322. The molecule has 130 valence electrons. The highest BCUT2D eigenvalue weighted by Gasteiger charge is 2.26. The topological polar surface area (TPSA) is 68.5 Å². The van der Waals surface area contributed by atoms with Crippen molar-refractivity contribution in [2.24, 2.45) is 5.73 Å². The number of ether oxygens (including phenoxy) is 1. The van der Waals surface area contributed by atoms with Crippen LogP contribution in [0.5, 0.6) is 5.75 Å². The summed E-state index contributed by atoms with van der Waals surface area (Å²) >= 11 is 1.41. The SMILES string of the molecule is Cl.NCc1nc(C(=O)N2CCC(Oc3ccc(F)cc3)CC2)cs1. The monoisotopic (exact) mass is 371 g/mol. The van der Waals surface area contributed by atoms with E-state index in [2.05, 4.69) is 4.98 Å². The maximum Gasteiger partial charge on any atom is 0.273 e. The highest BCUT2D eigenvalue weighted by molar-refractivity contribution is 7.09. The van der Waals surface area contributed by atoms with E-state index in [9.17, 15) is 9.18 Å². The second-order valence-electron chi connectivity index (χ2n) is 5.39. The average molecular weight is 372 g/mol. The van der Waals surface area contributed by atoms with Crippen LogP contribution in [0.3, 0.4) is 0 Å². The number of nitrogens with two attached hydrogens (primary N) is 1. The molecule has 8 heteroatoms. The van der Waals surface area contributed by atoms with Gasteiger partial charge in [0.1, 0.15) is 28.4 Å². The molecule has 0 aliphatic carbocycles. The maximum absolute atomic E-state index is 12.9. The Morgan fingerprint density at radius 2 is 2.00 bits per heavy atom. The summed E-state index contributed by atoms with van der Waals surface area (Å²) in [7, 11) is 0. The molecule has 2 heterocycles. The number of aromatic nitrogens is 1. The molecule has 1 aliphatic heterocycles. The van der Waals surface area contributed by atoms with Gasteiger partial charge in [0, 0.05) is 37.9 Å². The minimum Gasteiger partial charge on any atom is -0.490 e. The second-order valence-corrected chi connectivity index (χ2v) is 6.34. The number of piperidine rings is 1. The van der Waals surface area contributed by atoms with Crippen LogP contribution in [-0.2, 0) is 6.54 Å². The van der Waals surface area contributed by atoms with Crippen molar-refractivity contribution in [2.45, 2.75) is 25.5 Å². The third-order valence-corrected chi connectivity index (χ3v) is 4.66. The molecular weight excluding hydrogens is 353 g/mol. The molecule has 5 nitrogen and oxygen atoms in total. The molecule has 1 amide bonds. The van der Waals surface area contributed by atoms with E-state index < -0.39 is 0 Å². The van der Waals surface area contributed by atoms with Crippen molar-refractivity contribution in [3.63, 3.8) is 0 Å². The standard InChI is InChI=1S/C16H18FN3O2S.ClH/c17-11-1-3-12(4-2-11)22-13-5-7-20(8-6-13)16(21)14-10-23-15(9-18)19-14;/h1-4,10,13H,5-9,18H2;1H. The molecule has 2 aromatic rings. The van der Waals surface area contributed by atoms with Crippen molar-refractivity contribution in [1.82, 2.24) is 9.88 Å². The Morgan fingerprint density at radius 3 is 2.58 bits per heavy atom. The number of thiazole rings is 1. The molecule has 24 heavy (non-hydrogen) atoms. The third-order valence-electron chi connectivity index (χ3n) is 3.79. The number of carbonyl (C=O) groups excluding carboxylic acids is 1. The molecule has 1 aliphatic rings. The Morgan fingerprint density at radius 1 is 1.33 bits per heavy atom. The molecule has 3 rings (SSSR count). The van der Waals surface area contributed by atoms with Crippen molar-refractivity contribution < 1.29 is 13.9 Å². The number of halogens is 2. The van der Waals surface area contributed by atoms with Crippen LogP contribution in [0.1, 0.15) is 28.3 Å². The molecule has 0 unspecified atom stereocenters. The minimum absolute atomic E-state index is 0. The van der Waals surface area contributed by atoms with Crippen LogP contribution in [0.15, 0.2) is 29.6 Å². The van der Waals surface area contributed by atoms with Crippen molar-refractivity contribution in [1.29, 1.82) is 0 Å². The van der Waals surface area contributed by atoms with Gasteiger partial charge in [-0.3, -0.25) is 4.79 Å². The number of hydrogen-bond acceptors (Lipinski definition) is 5. The van der Waals surface area contributed by atoms with E-state index in [0.717, 1.165) is 17.8 Å². The van der Waals surface area contributed by atoms with Crippen LogP contribution in [0, 0.1) is 5.82 Å². The van der Waals surface area contributed by atoms with Gasteiger partial charge in [0.25, 0.3) is 5.91 Å². The second kappa shape index (κ2) is 8.41. The highest BCUT2D eigenvalue weighted by Crippen LogP contribution is 2.21. The van der Waals surface area contributed by atoms with Crippen LogP contribution in [0.25, 0.3) is 0 Å². The Hall–Kier alpha value is -1.70. The van der Waals surface area contributed by atoms with E-state index in [1.807, 2.05) is 0 Å². The van der Waals surface area contributed by atoms with E-state index in [1.165, 1.54) is 23.5 Å². The first kappa shape index (κ1) is 18.6. The average Bonchev–Trinajstić information content (AvgIpc) is 3.06. The first-order valence-electron chi connectivity index (χ1n) is 7.51. The van der Waals surface area contributed by atoms with E-state index in [1.54, 1.807) is 22.4 Å². The number of likely N-dealkylation sites (tertiary alicyclic amines) is 1. The zero-order chi connectivity index (χ0) is 16.2. The Labute approximate surface area is 150 Å². The van der Waals surface area contributed by atoms with Gasteiger partial charge in [-0.2, -0.15) is 0 Å². The fraction of sp³-hybridized carbons (Fsp3) is 0.375. The van der Waals surface area contributed by atoms with Crippen molar-refractivity contribution in [3.05, 3.63) is 46.2 Å². The fourth-order valence-electron chi connectivity index (χ4n) is 2.55. The summed E-state index contributed by atoms with van der Waals surface area (Å²) in [5, 5.41) is 2.52. The van der Waals surface area contributed by atoms with Crippen molar-refractivity contribution in [2.75, 3.05) is 13.1 Å². The number of benzene rings is 1. The number of amides is 1. The lowest BCUT2D eigenvalue weighted by atomic mass is 10.1. The zero-order valence-corrected chi connectivity index (χ0v) is 14.6. The lowest BCUT2D eigenvalue weighted by Crippen LogP contribution is -2.41. The molecule has 0 spiro atoms. The molecule has 1 saturated heterocycles. The van der Waals surface area contributed by atoms with E-state index in [0.29, 0.717) is 31.1 Å². The Balaban J connectivity index is 0.00000208. The van der Waals surface area contributed by atoms with Crippen LogP contribution in [-0.4, -0.2) is 35.0 Å². The van der Waals surface area contributed by atoms with E-state index in [-0.39, 0.29) is 30.2 Å². The van der Waals surface area contributed by atoms with Gasteiger partial charge < -0.3 is 15.4 Å². The van der Waals surface area contributed by atoms with Gasteiger partial charge in [-0.05, 0) is 24.3 Å². The summed E-state index contributed by atoms with van der Waals surface area (Å²) < 4.78 is 18.7. The van der Waals surface area contributed by atoms with Crippen LogP contribution >= 0.6 is 23.7 Å². The predicted octanol–water partition coefficient (Wildman–Crippen LogP) is 2.85. The van der Waals surface area contributed by atoms with Gasteiger partial charge in [0.15, 0.2) is 0 Å². The molecule has 0 saturated carbocycles. The van der Waals surface area contributed by atoms with Crippen molar-refractivity contribution in [3.8, 4) is 5.75 Å². The summed E-state index contributed by atoms with van der Waals surface area (Å²) in [5.41, 5.74) is 5.99. The van der Waals surface area contributed by atoms with Gasteiger partial charge in [0.05, 0.1) is 0 Å². The molecule has 2 N–H and O–H groups in total. The number of rotatable bonds is 4. The summed E-state index contributed by atoms with van der Waals surface area (Å²) in [6.07, 6.45) is 1.54. The van der Waals surface area contributed by atoms with Crippen LogP contribution < -0.4 is 10.5 Å². The lowest BCUT2D eigenvalue weighted by molar-refractivity contribution is 0.0590. The number of nitrogens with zero attached hydrogens (tertiary/aromatic N) is 2. The maximum atomic E-state index is 12.9. The summed E-state index contributed by atoms with van der Waals surface area (Å²) in [6, 6.07) is 6.00. The van der Waals surface area contributed by atoms with E-state index in [4.69, 9.17) is 10.5 Å². The van der Waals surface area contributed by atoms with Crippen molar-refractivity contribution >= 4 is 29.7 Å². The normalized spacial score (nSPS) is 15.0. The minimum atomic E-state index is -0.280. The predicted molar refractivity (Wildman–Crippen MR) is 93.2 cm³/mol. The van der Waals surface area contributed by atoms with Crippen LogP contribution in [0.4, 0.5) is 4.39 Å². The largest absolute Gasteiger partial charge is 0.490 e. The quantitative estimate of drug-likeness (QED) is 0.897. The van der Waals surface area contributed by atoms with Crippen LogP contribution in [0.2, 0.25) is 0 Å². The first-order valence-corrected chi connectivity index (χ1v) is 8.39. The molecule has 0 radical (unpaired) electrons. The number of hydrogen-bond donors (Lipinski definition) is 1. The van der Waals surface area contributed by atoms with Gasteiger partial charge in [-0.25, -0.2) is 9.37 Å². The first-order chi connectivity index (χ1) is 11.2. The van der Waals surface area contributed by atoms with E-state index >= 15 is 0 Å². The van der Waals surface area contributed by atoms with Gasteiger partial charge in [-0.15, -0.1) is 23.7 Å². The third kappa shape index (κ3) is 4.43. The summed E-state index contributed by atoms with van der Waals surface area (Å²) in [4.78, 5) is 18.4. The molecular formula is C16H19ClFN3O2S. The van der Waals surface area contributed by atoms with Gasteiger partial charge in [-0.1, -0.05) is 0 Å². The van der Waals surface area contributed by atoms with Gasteiger partial charge in [0.2, 0.25) is 0 Å². The summed E-state index contributed by atoms with van der Waals surface area (Å²) in [6.45, 7) is 1.60. The Kier molecular flexibility index (Phi) is 6.53. The van der Waals surface area contributed by atoms with Gasteiger partial charge >= 0.3 is 0 Å². The Bertz CT molecular complexity index is 672. The molecule has 1 aromatic heterocycles. The number of carbonyl (C=O) groups is 1.